The lowest BCUT2D eigenvalue weighted by molar-refractivity contribution is 0.240. The number of rotatable bonds is 5. The number of hydrogen-bond donors (Lipinski definition) is 2. The summed E-state index contributed by atoms with van der Waals surface area (Å²) in [4.78, 5) is 15.8. The van der Waals surface area contributed by atoms with Crippen molar-refractivity contribution < 1.29 is 4.21 Å². The van der Waals surface area contributed by atoms with Crippen molar-refractivity contribution in [3.05, 3.63) is 58.8 Å². The van der Waals surface area contributed by atoms with Gasteiger partial charge in [-0.1, -0.05) is 6.07 Å². The summed E-state index contributed by atoms with van der Waals surface area (Å²) >= 11 is 0. The lowest BCUT2D eigenvalue weighted by Gasteiger charge is -2.40. The second-order valence-electron chi connectivity index (χ2n) is 11.0. The fourth-order valence-electron chi connectivity index (χ4n) is 5.84. The summed E-state index contributed by atoms with van der Waals surface area (Å²) in [5, 5.41) is 16.1. The summed E-state index contributed by atoms with van der Waals surface area (Å²) in [6, 6.07) is 11.8. The van der Waals surface area contributed by atoms with Gasteiger partial charge in [-0.05, 0) is 85.0 Å². The van der Waals surface area contributed by atoms with Gasteiger partial charge < -0.3 is 15.5 Å². The molecule has 1 atom stereocenters. The Bertz CT molecular complexity index is 1560. The minimum atomic E-state index is -2.35. The Labute approximate surface area is 217 Å². The summed E-state index contributed by atoms with van der Waals surface area (Å²) in [6.45, 7) is 2.08. The van der Waals surface area contributed by atoms with Crippen molar-refractivity contribution in [2.24, 2.45) is 9.78 Å². The number of nitrogens with zero attached hydrogens (tertiary/aromatic N) is 6. The van der Waals surface area contributed by atoms with Crippen molar-refractivity contribution in [1.82, 2.24) is 19.9 Å². The number of likely N-dealkylation sites (N-methyl/N-ethyl adjacent to an activating group) is 1. The molecular weight excluding hydrogens is 484 g/mol. The summed E-state index contributed by atoms with van der Waals surface area (Å²) in [7, 11) is -0.143. The maximum Gasteiger partial charge on any atom is 0.229 e. The molecule has 10 heteroatoms. The topological polar surface area (TPSA) is 119 Å². The molecule has 0 saturated heterocycles. The van der Waals surface area contributed by atoms with E-state index in [4.69, 9.17) is 0 Å². The van der Waals surface area contributed by atoms with Gasteiger partial charge in [-0.3, -0.25) is 0 Å². The Hall–Kier alpha value is -3.55. The predicted molar refractivity (Wildman–Crippen MR) is 145 cm³/mol. The predicted octanol–water partition coefficient (Wildman–Crippen LogP) is 4.84. The number of aromatic nitrogens is 3. The average Bonchev–Trinajstić information content (AvgIpc) is 3.55. The molecule has 3 heterocycles. The van der Waals surface area contributed by atoms with Crippen molar-refractivity contribution in [2.45, 2.75) is 38.1 Å². The molecule has 1 fully saturated rings. The third-order valence-corrected chi connectivity index (χ3v) is 8.02. The van der Waals surface area contributed by atoms with Crippen LogP contribution in [0.4, 0.5) is 29.1 Å². The third kappa shape index (κ3) is 5.02. The Morgan fingerprint density at radius 2 is 2.00 bits per heavy atom. The van der Waals surface area contributed by atoms with Crippen LogP contribution in [0.5, 0.6) is 0 Å². The first-order chi connectivity index (χ1) is 17.7. The second-order valence-corrected chi connectivity index (χ2v) is 13.5. The third-order valence-electron chi connectivity index (χ3n) is 7.39. The van der Waals surface area contributed by atoms with Gasteiger partial charge in [0.05, 0.1) is 6.20 Å². The molecular formula is C27H30N8OS. The molecule has 0 amide bonds. The van der Waals surface area contributed by atoms with Crippen molar-refractivity contribution in [2.75, 3.05) is 36.7 Å². The van der Waals surface area contributed by atoms with Crippen molar-refractivity contribution in [3.8, 4) is 6.07 Å². The van der Waals surface area contributed by atoms with Crippen LogP contribution in [0.1, 0.15) is 47.4 Å². The molecule has 1 spiro atoms. The monoisotopic (exact) mass is 514 g/mol. The minimum Gasteiger partial charge on any atom is -0.324 e. The molecule has 6 rings (SSSR count). The van der Waals surface area contributed by atoms with Crippen LogP contribution in [0.25, 0.3) is 0 Å². The van der Waals surface area contributed by atoms with Gasteiger partial charge in [-0.15, -0.1) is 0 Å². The van der Waals surface area contributed by atoms with Gasteiger partial charge in [-0.2, -0.15) is 14.6 Å². The first kappa shape index (κ1) is 23.8. The molecule has 3 aliphatic rings. The van der Waals surface area contributed by atoms with Gasteiger partial charge in [0, 0.05) is 41.0 Å². The zero-order valence-electron chi connectivity index (χ0n) is 21.3. The Morgan fingerprint density at radius 3 is 2.76 bits per heavy atom. The zero-order valence-corrected chi connectivity index (χ0v) is 22.1. The summed E-state index contributed by atoms with van der Waals surface area (Å²) in [5.41, 5.74) is 6.17. The highest BCUT2D eigenvalue weighted by Crippen LogP contribution is 2.59. The largest absolute Gasteiger partial charge is 0.324 e. The van der Waals surface area contributed by atoms with E-state index in [9.17, 15) is 9.47 Å². The van der Waals surface area contributed by atoms with Gasteiger partial charge in [0.25, 0.3) is 0 Å². The molecule has 2 N–H and O–H groups in total. The second kappa shape index (κ2) is 8.78. The van der Waals surface area contributed by atoms with E-state index in [2.05, 4.69) is 60.1 Å². The molecule has 2 aromatic heterocycles. The summed E-state index contributed by atoms with van der Waals surface area (Å²) < 4.78 is 16.2. The Kier molecular flexibility index (Phi) is 5.66. The van der Waals surface area contributed by atoms with Crippen LogP contribution in [0.2, 0.25) is 0 Å². The van der Waals surface area contributed by atoms with Gasteiger partial charge >= 0.3 is 0 Å². The van der Waals surface area contributed by atoms with Gasteiger partial charge in [0.1, 0.15) is 17.5 Å². The quantitative estimate of drug-likeness (QED) is 0.496. The standard InChI is InChI=1S/C27H30N8OS/c1-35-15-18-10-21(9-17-11-27(7-8-27)12-19(16-35)24(17)18)30-26-29-14-20(13-28)25(33-26)32-22-5-4-6-23(31-22)34-37(2,3)36/h4-6,9-10,14,19H,7-8,11-12,15-16H2,1-3H3,(H2,29,30,31,32,33). The van der Waals surface area contributed by atoms with Gasteiger partial charge in [0.2, 0.25) is 5.95 Å². The van der Waals surface area contributed by atoms with Crippen LogP contribution in [-0.4, -0.2) is 50.2 Å². The number of nitriles is 1. The average molecular weight is 515 g/mol. The van der Waals surface area contributed by atoms with E-state index >= 15 is 0 Å². The zero-order chi connectivity index (χ0) is 25.8. The lowest BCUT2D eigenvalue weighted by Crippen LogP contribution is -2.35. The number of hydrogen-bond acceptors (Lipinski definition) is 9. The molecule has 0 bridgehead atoms. The molecule has 9 nitrogen and oxygen atoms in total. The van der Waals surface area contributed by atoms with Crippen LogP contribution < -0.4 is 10.6 Å². The van der Waals surface area contributed by atoms with Crippen LogP contribution in [0.3, 0.4) is 0 Å². The number of nitrogens with one attached hydrogen (secondary N) is 2. The Balaban J connectivity index is 1.30. The van der Waals surface area contributed by atoms with Crippen molar-refractivity contribution in [1.29, 1.82) is 5.26 Å². The van der Waals surface area contributed by atoms with E-state index in [0.29, 0.717) is 40.3 Å². The van der Waals surface area contributed by atoms with Gasteiger partial charge in [0.15, 0.2) is 11.6 Å². The SMILES string of the molecule is CN1Cc2cc(Nc3ncc(C#N)c(Nc4cccc(N=S(C)(C)=O)n4)n3)cc3c2C(C1)CC1(CC1)C3. The van der Waals surface area contributed by atoms with Crippen LogP contribution in [-0.2, 0) is 22.7 Å². The molecule has 0 radical (unpaired) electrons. The molecule has 1 unspecified atom stereocenters. The van der Waals surface area contributed by atoms with Crippen LogP contribution in [0, 0.1) is 16.7 Å². The Morgan fingerprint density at radius 1 is 1.19 bits per heavy atom. The molecule has 1 aromatic carbocycles. The molecule has 1 aliphatic heterocycles. The number of benzene rings is 1. The van der Waals surface area contributed by atoms with Crippen LogP contribution in [0.15, 0.2) is 40.9 Å². The first-order valence-electron chi connectivity index (χ1n) is 12.5. The highest BCUT2D eigenvalue weighted by molar-refractivity contribution is 7.92. The fourth-order valence-corrected chi connectivity index (χ4v) is 6.39. The van der Waals surface area contributed by atoms with E-state index in [0.717, 1.165) is 25.2 Å². The van der Waals surface area contributed by atoms with Gasteiger partial charge in [-0.25, -0.2) is 14.2 Å². The van der Waals surface area contributed by atoms with Crippen molar-refractivity contribution in [3.63, 3.8) is 0 Å². The van der Waals surface area contributed by atoms with E-state index in [1.54, 1.807) is 36.3 Å². The molecule has 2 aliphatic carbocycles. The number of pyridine rings is 1. The number of anilines is 4. The van der Waals surface area contributed by atoms with E-state index in [1.807, 2.05) is 0 Å². The lowest BCUT2D eigenvalue weighted by atomic mass is 9.71. The summed E-state index contributed by atoms with van der Waals surface area (Å²) in [5.74, 6) is 2.17. The minimum absolute atomic E-state index is 0.296. The highest BCUT2D eigenvalue weighted by atomic mass is 32.2. The maximum absolute atomic E-state index is 12.1. The first-order valence-corrected chi connectivity index (χ1v) is 14.8. The van der Waals surface area contributed by atoms with E-state index in [1.165, 1.54) is 36.6 Å². The normalized spacial score (nSPS) is 19.6. The highest BCUT2D eigenvalue weighted by Gasteiger charge is 2.49. The van der Waals surface area contributed by atoms with Crippen molar-refractivity contribution >= 4 is 38.8 Å². The summed E-state index contributed by atoms with van der Waals surface area (Å²) in [6.07, 6.45) is 9.76. The smallest absolute Gasteiger partial charge is 0.229 e. The molecule has 190 valence electrons. The molecule has 1 saturated carbocycles. The maximum atomic E-state index is 12.1. The van der Waals surface area contributed by atoms with Crippen LogP contribution >= 0.6 is 0 Å². The molecule has 3 aromatic rings. The van der Waals surface area contributed by atoms with E-state index < -0.39 is 9.73 Å². The fraction of sp³-hybridized carbons (Fsp3) is 0.407. The van der Waals surface area contributed by atoms with E-state index in [-0.39, 0.29) is 0 Å². The molecule has 37 heavy (non-hydrogen) atoms.